The van der Waals surface area contributed by atoms with Crippen molar-refractivity contribution >= 4 is 46.7 Å². The van der Waals surface area contributed by atoms with Crippen LogP contribution in [0.3, 0.4) is 0 Å². The van der Waals surface area contributed by atoms with Crippen molar-refractivity contribution in [3.05, 3.63) is 117 Å². The number of primary amides is 1. The molecule has 0 aliphatic carbocycles. The first-order valence-electron chi connectivity index (χ1n) is 17.9. The van der Waals surface area contributed by atoms with Crippen molar-refractivity contribution in [2.45, 2.75) is 77.2 Å². The molecule has 3 amide bonds. The van der Waals surface area contributed by atoms with Crippen LogP contribution < -0.4 is 15.2 Å². The average Bonchev–Trinajstić information content (AvgIpc) is 3.81. The van der Waals surface area contributed by atoms with Crippen LogP contribution in [-0.2, 0) is 15.1 Å². The van der Waals surface area contributed by atoms with Gasteiger partial charge >= 0.3 is 0 Å². The second-order valence-electron chi connectivity index (χ2n) is 14.1. The van der Waals surface area contributed by atoms with E-state index in [1.54, 1.807) is 35.2 Å². The highest BCUT2D eigenvalue weighted by atomic mass is 35.5. The summed E-state index contributed by atoms with van der Waals surface area (Å²) < 4.78 is 11.6. The highest BCUT2D eigenvalue weighted by Crippen LogP contribution is 2.48. The van der Waals surface area contributed by atoms with Crippen molar-refractivity contribution in [2.24, 2.45) is 5.73 Å². The van der Waals surface area contributed by atoms with Crippen LogP contribution in [0, 0.1) is 0 Å². The Morgan fingerprint density at radius 1 is 0.736 bits per heavy atom. The van der Waals surface area contributed by atoms with E-state index in [0.717, 1.165) is 11.1 Å². The van der Waals surface area contributed by atoms with E-state index in [0.29, 0.717) is 59.0 Å². The summed E-state index contributed by atoms with van der Waals surface area (Å²) in [5, 5.41) is 0.564. The molecule has 2 unspecified atom stereocenters. The quantitative estimate of drug-likeness (QED) is 0.154. The average molecular weight is 757 g/mol. The molecule has 276 valence electrons. The summed E-state index contributed by atoms with van der Waals surface area (Å²) in [7, 11) is 0. The molecule has 4 aromatic carbocycles. The standard InChI is InChI=1S/C42H43Cl2N3O6/c1-25(2)52-36-17-14-29(23-33(36)43)40(50)46-20-8-12-35(46)31-16-13-28(27-10-6-5-7-11-27)22-32(31)42(38(48)39(45)49)19-9-21-47(42)41(51)30-15-18-37(34(44)24-30)53-26(3)4/h5-7,10-11,13-18,22-26,35H,8-9,12,19-21H2,1-4H3,(H2,45,49). The first-order valence-corrected chi connectivity index (χ1v) is 18.7. The molecule has 2 aliphatic heterocycles. The van der Waals surface area contributed by atoms with Crippen LogP contribution in [0.25, 0.3) is 11.1 Å². The number of ether oxygens (including phenoxy) is 2. The van der Waals surface area contributed by atoms with Crippen LogP contribution in [0.1, 0.15) is 91.3 Å². The Morgan fingerprint density at radius 3 is 1.91 bits per heavy atom. The number of ketones is 1. The van der Waals surface area contributed by atoms with Crippen molar-refractivity contribution in [1.82, 2.24) is 9.80 Å². The summed E-state index contributed by atoms with van der Waals surface area (Å²) in [5.41, 5.74) is 7.49. The number of benzene rings is 4. The van der Waals surface area contributed by atoms with Gasteiger partial charge in [-0.15, -0.1) is 0 Å². The van der Waals surface area contributed by atoms with Gasteiger partial charge in [0, 0.05) is 24.2 Å². The zero-order valence-corrected chi connectivity index (χ0v) is 31.7. The van der Waals surface area contributed by atoms with Gasteiger partial charge in [0.25, 0.3) is 17.7 Å². The molecule has 9 nitrogen and oxygen atoms in total. The lowest BCUT2D eigenvalue weighted by molar-refractivity contribution is -0.142. The number of hydrogen-bond donors (Lipinski definition) is 1. The highest BCUT2D eigenvalue weighted by Gasteiger charge is 2.54. The molecule has 2 fully saturated rings. The van der Waals surface area contributed by atoms with Gasteiger partial charge < -0.3 is 25.0 Å². The van der Waals surface area contributed by atoms with E-state index in [1.807, 2.05) is 76.2 Å². The fourth-order valence-electron chi connectivity index (χ4n) is 7.57. The van der Waals surface area contributed by atoms with E-state index in [-0.39, 0.29) is 41.7 Å². The van der Waals surface area contributed by atoms with Gasteiger partial charge in [0.1, 0.15) is 17.0 Å². The lowest BCUT2D eigenvalue weighted by Crippen LogP contribution is -2.55. The molecule has 2 atom stereocenters. The van der Waals surface area contributed by atoms with Gasteiger partial charge in [-0.1, -0.05) is 65.7 Å². The summed E-state index contributed by atoms with van der Waals surface area (Å²) in [6.07, 6.45) is 1.64. The number of likely N-dealkylation sites (tertiary alicyclic amines) is 2. The van der Waals surface area contributed by atoms with Gasteiger partial charge in [0.05, 0.1) is 28.3 Å². The molecule has 11 heteroatoms. The number of carbonyl (C=O) groups excluding carboxylic acids is 4. The molecule has 0 bridgehead atoms. The topological polar surface area (TPSA) is 119 Å². The molecule has 0 aromatic heterocycles. The Morgan fingerprint density at radius 2 is 1.34 bits per heavy atom. The monoisotopic (exact) mass is 755 g/mol. The Bertz CT molecular complexity index is 2050. The normalized spacial score (nSPS) is 18.5. The lowest BCUT2D eigenvalue weighted by atomic mass is 9.76. The van der Waals surface area contributed by atoms with E-state index in [4.69, 9.17) is 38.4 Å². The predicted molar refractivity (Wildman–Crippen MR) is 205 cm³/mol. The summed E-state index contributed by atoms with van der Waals surface area (Å²) in [6.45, 7) is 8.18. The fraction of sp³-hybridized carbons (Fsp3) is 0.333. The lowest BCUT2D eigenvalue weighted by Gasteiger charge is -2.40. The fourth-order valence-corrected chi connectivity index (χ4v) is 8.02. The Labute approximate surface area is 319 Å². The van der Waals surface area contributed by atoms with Gasteiger partial charge in [0.2, 0.25) is 5.78 Å². The summed E-state index contributed by atoms with van der Waals surface area (Å²) in [6, 6.07) is 24.6. The number of nitrogens with zero attached hydrogens (tertiary/aromatic N) is 2. The summed E-state index contributed by atoms with van der Waals surface area (Å²) in [5.74, 6) is -1.87. The maximum atomic E-state index is 14.6. The number of halogens is 2. The Balaban J connectivity index is 1.49. The molecule has 0 spiro atoms. The van der Waals surface area contributed by atoms with Crippen LogP contribution in [0.15, 0.2) is 84.9 Å². The van der Waals surface area contributed by atoms with Gasteiger partial charge in [-0.2, -0.15) is 0 Å². The van der Waals surface area contributed by atoms with E-state index in [9.17, 15) is 19.2 Å². The molecule has 2 saturated heterocycles. The van der Waals surface area contributed by atoms with E-state index in [1.165, 1.54) is 11.0 Å². The molecule has 2 heterocycles. The van der Waals surface area contributed by atoms with E-state index >= 15 is 0 Å². The SMILES string of the molecule is CC(C)Oc1ccc(C(=O)N2CCCC2c2ccc(-c3ccccc3)cc2C2(C(=O)C(N)=O)CCCN2C(=O)c2ccc(OC(C)C)c(Cl)c2)cc1Cl. The third-order valence-corrected chi connectivity index (χ3v) is 10.4. The smallest absolute Gasteiger partial charge is 0.287 e. The Kier molecular flexibility index (Phi) is 11.2. The van der Waals surface area contributed by atoms with Gasteiger partial charge in [-0.25, -0.2) is 0 Å². The molecular formula is C42H43Cl2N3O6. The summed E-state index contributed by atoms with van der Waals surface area (Å²) >= 11 is 13.1. The highest BCUT2D eigenvalue weighted by molar-refractivity contribution is 6.39. The summed E-state index contributed by atoms with van der Waals surface area (Å²) in [4.78, 5) is 59.5. The number of carbonyl (C=O) groups is 4. The van der Waals surface area contributed by atoms with Crippen molar-refractivity contribution < 1.29 is 28.7 Å². The van der Waals surface area contributed by atoms with Gasteiger partial charge in [0.15, 0.2) is 0 Å². The molecule has 2 N–H and O–H groups in total. The maximum absolute atomic E-state index is 14.6. The molecule has 0 radical (unpaired) electrons. The van der Waals surface area contributed by atoms with Crippen molar-refractivity contribution in [3.63, 3.8) is 0 Å². The third kappa shape index (κ3) is 7.50. The molecule has 2 aliphatic rings. The zero-order valence-electron chi connectivity index (χ0n) is 30.2. The zero-order chi connectivity index (χ0) is 38.0. The first-order chi connectivity index (χ1) is 25.3. The van der Waals surface area contributed by atoms with Crippen molar-refractivity contribution in [3.8, 4) is 22.6 Å². The van der Waals surface area contributed by atoms with Crippen molar-refractivity contribution in [2.75, 3.05) is 13.1 Å². The van der Waals surface area contributed by atoms with Crippen LogP contribution >= 0.6 is 23.2 Å². The van der Waals surface area contributed by atoms with E-state index in [2.05, 4.69) is 0 Å². The minimum absolute atomic E-state index is 0.0954. The molecule has 0 saturated carbocycles. The minimum Gasteiger partial charge on any atom is -0.489 e. The van der Waals surface area contributed by atoms with Crippen LogP contribution in [0.2, 0.25) is 10.0 Å². The number of nitrogens with two attached hydrogens (primary N) is 1. The number of Topliss-reactive ketones (excluding diaryl/α,β-unsaturated/α-hetero) is 1. The minimum atomic E-state index is -1.75. The maximum Gasteiger partial charge on any atom is 0.287 e. The Hall–Kier alpha value is -4.86. The number of hydrogen-bond acceptors (Lipinski definition) is 6. The van der Waals surface area contributed by atoms with E-state index < -0.39 is 29.2 Å². The molecule has 6 rings (SSSR count). The third-order valence-electron chi connectivity index (χ3n) is 9.79. The first kappa shape index (κ1) is 37.9. The van der Waals surface area contributed by atoms with Crippen molar-refractivity contribution in [1.29, 1.82) is 0 Å². The second kappa shape index (κ2) is 15.6. The van der Waals surface area contributed by atoms with Gasteiger partial charge in [-0.3, -0.25) is 19.2 Å². The number of rotatable bonds is 11. The predicted octanol–water partition coefficient (Wildman–Crippen LogP) is 8.40. The largest absolute Gasteiger partial charge is 0.489 e. The molecular weight excluding hydrogens is 713 g/mol. The number of amides is 3. The van der Waals surface area contributed by atoms with Crippen LogP contribution in [0.5, 0.6) is 11.5 Å². The van der Waals surface area contributed by atoms with Crippen LogP contribution in [-0.4, -0.2) is 58.6 Å². The van der Waals surface area contributed by atoms with Crippen LogP contribution in [0.4, 0.5) is 0 Å². The van der Waals surface area contributed by atoms with Gasteiger partial charge in [-0.05, 0) is 118 Å². The molecule has 4 aromatic rings. The molecule has 53 heavy (non-hydrogen) atoms. The second-order valence-corrected chi connectivity index (χ2v) is 14.9.